The number of aliphatic hydroxyl groups is 2. The van der Waals surface area contributed by atoms with E-state index in [-0.39, 0.29) is 35.4 Å². The van der Waals surface area contributed by atoms with Crippen LogP contribution in [0.15, 0.2) is 11.1 Å². The first-order valence-corrected chi connectivity index (χ1v) is 9.67. The Bertz CT molecular complexity index is 943. The summed E-state index contributed by atoms with van der Waals surface area (Å²) >= 11 is 6.13. The van der Waals surface area contributed by atoms with Crippen molar-refractivity contribution in [3.05, 3.63) is 22.0 Å². The van der Waals surface area contributed by atoms with Gasteiger partial charge in [0.05, 0.1) is 12.9 Å². The lowest BCUT2D eigenvalue weighted by Gasteiger charge is -2.27. The number of carbonyl (C=O) groups is 1. The number of aliphatic hydroxyl groups excluding tert-OH is 2. The number of nitrogens with zero attached hydrogens (tertiary/aromatic N) is 4. The number of piperazine rings is 1. The third kappa shape index (κ3) is 3.86. The van der Waals surface area contributed by atoms with Gasteiger partial charge in [0, 0.05) is 32.7 Å². The van der Waals surface area contributed by atoms with Gasteiger partial charge in [0.2, 0.25) is 11.2 Å². The number of H-pyrrole nitrogens is 1. The average molecular weight is 428 g/mol. The van der Waals surface area contributed by atoms with Crippen LogP contribution in [0.5, 0.6) is 0 Å². The van der Waals surface area contributed by atoms with Gasteiger partial charge < -0.3 is 35.5 Å². The second kappa shape index (κ2) is 8.34. The van der Waals surface area contributed by atoms with Crippen LogP contribution in [0.4, 0.5) is 0 Å². The zero-order chi connectivity index (χ0) is 20.5. The number of nitrogens with one attached hydrogen (secondary N) is 3. The van der Waals surface area contributed by atoms with Crippen molar-refractivity contribution in [2.45, 2.75) is 24.5 Å². The Morgan fingerprint density at radius 2 is 2.10 bits per heavy atom. The highest BCUT2D eigenvalue weighted by Crippen LogP contribution is 2.33. The number of aromatic nitrogens is 4. The Balaban J connectivity index is 1.42. The third-order valence-corrected chi connectivity index (χ3v) is 5.39. The predicted molar refractivity (Wildman–Crippen MR) is 101 cm³/mol. The van der Waals surface area contributed by atoms with Crippen LogP contribution >= 0.6 is 11.6 Å². The number of imidazole rings is 1. The molecule has 0 aromatic carbocycles. The quantitative estimate of drug-likeness (QED) is 0.323. The van der Waals surface area contributed by atoms with Crippen molar-refractivity contribution in [1.82, 2.24) is 35.1 Å². The van der Waals surface area contributed by atoms with E-state index >= 15 is 0 Å². The number of hydrogen-bond donors (Lipinski definition) is 5. The van der Waals surface area contributed by atoms with E-state index in [1.54, 1.807) is 4.90 Å². The van der Waals surface area contributed by atoms with Crippen molar-refractivity contribution in [1.29, 1.82) is 0 Å². The van der Waals surface area contributed by atoms with Gasteiger partial charge >= 0.3 is 0 Å². The van der Waals surface area contributed by atoms with Gasteiger partial charge in [-0.1, -0.05) is 0 Å². The monoisotopic (exact) mass is 427 g/mol. The minimum atomic E-state index is -1.32. The number of rotatable bonds is 5. The molecule has 0 aliphatic carbocycles. The van der Waals surface area contributed by atoms with Crippen molar-refractivity contribution in [3.63, 3.8) is 0 Å². The Morgan fingerprint density at radius 1 is 1.34 bits per heavy atom. The van der Waals surface area contributed by atoms with E-state index in [1.807, 2.05) is 0 Å². The van der Waals surface area contributed by atoms with Crippen LogP contribution in [0.1, 0.15) is 6.23 Å². The van der Waals surface area contributed by atoms with Crippen molar-refractivity contribution < 1.29 is 19.7 Å². The maximum Gasteiger partial charge on any atom is 0.278 e. The fourth-order valence-corrected chi connectivity index (χ4v) is 3.84. The maximum atomic E-state index is 12.2. The number of carbonyl (C=O) groups excluding carboxylic acids is 1. The number of hydrogen-bond acceptors (Lipinski definition) is 9. The van der Waals surface area contributed by atoms with Crippen molar-refractivity contribution in [2.75, 3.05) is 39.3 Å². The predicted octanol–water partition coefficient (Wildman–Crippen LogP) is -2.59. The molecule has 12 nitrogen and oxygen atoms in total. The molecule has 2 aromatic heterocycles. The van der Waals surface area contributed by atoms with Gasteiger partial charge in [-0.15, -0.1) is 0 Å². The summed E-state index contributed by atoms with van der Waals surface area (Å²) in [6, 6.07) is 0. The second-order valence-corrected chi connectivity index (χ2v) is 7.30. The highest BCUT2D eigenvalue weighted by Gasteiger charge is 2.45. The number of ether oxygens (including phenoxy) is 1. The largest absolute Gasteiger partial charge is 0.387 e. The van der Waals surface area contributed by atoms with Gasteiger partial charge in [-0.3, -0.25) is 14.2 Å². The lowest BCUT2D eigenvalue weighted by Crippen LogP contribution is -2.50. The molecular formula is C16H22ClN7O5. The molecule has 1 amide bonds. The Morgan fingerprint density at radius 3 is 2.86 bits per heavy atom. The van der Waals surface area contributed by atoms with Crippen LogP contribution in [0.2, 0.25) is 5.28 Å². The summed E-state index contributed by atoms with van der Waals surface area (Å²) in [7, 11) is 0. The molecule has 4 rings (SSSR count). The fourth-order valence-electron chi connectivity index (χ4n) is 3.58. The molecule has 0 saturated carbocycles. The highest BCUT2D eigenvalue weighted by atomic mass is 35.5. The summed E-state index contributed by atoms with van der Waals surface area (Å²) in [6.07, 6.45) is -3.22. The topological polar surface area (TPSA) is 158 Å². The van der Waals surface area contributed by atoms with Gasteiger partial charge in [0.15, 0.2) is 17.4 Å². The van der Waals surface area contributed by atoms with E-state index in [9.17, 15) is 19.8 Å². The molecule has 13 heteroatoms. The van der Waals surface area contributed by atoms with Crippen molar-refractivity contribution in [3.8, 4) is 0 Å². The van der Waals surface area contributed by atoms with Crippen LogP contribution in [-0.2, 0) is 9.53 Å². The first kappa shape index (κ1) is 20.2. The van der Waals surface area contributed by atoms with Gasteiger partial charge in [-0.2, -0.15) is 0 Å². The molecular weight excluding hydrogens is 406 g/mol. The number of halogens is 1. The van der Waals surface area contributed by atoms with Gasteiger partial charge in [-0.05, 0) is 11.6 Å². The molecule has 2 aromatic rings. The number of fused-ring (bicyclic) bond motifs is 1. The molecule has 2 aliphatic rings. The van der Waals surface area contributed by atoms with Crippen LogP contribution in [0.25, 0.3) is 11.2 Å². The van der Waals surface area contributed by atoms with Crippen molar-refractivity contribution >= 4 is 28.7 Å². The van der Waals surface area contributed by atoms with Gasteiger partial charge in [-0.25, -0.2) is 9.97 Å². The SMILES string of the molecule is O=C(CNC[C@H]1O[C@@H](n2c(Cl)nc3c(=O)[nH]cnc32)[C@H](O)[C@@H]1O)N1CCNCC1. The van der Waals surface area contributed by atoms with E-state index < -0.39 is 30.1 Å². The molecule has 0 unspecified atom stereocenters. The van der Waals surface area contributed by atoms with E-state index in [1.165, 1.54) is 10.9 Å². The molecule has 2 aliphatic heterocycles. The normalized spacial score (nSPS) is 27.6. The summed E-state index contributed by atoms with van der Waals surface area (Å²) < 4.78 is 7.05. The molecule has 0 bridgehead atoms. The van der Waals surface area contributed by atoms with Crippen LogP contribution in [0, 0.1) is 0 Å². The van der Waals surface area contributed by atoms with Crippen LogP contribution < -0.4 is 16.2 Å². The standard InChI is InChI=1S/C16H22ClN7O5/c17-16-22-10-13(20-7-21-14(10)28)24(16)15-12(27)11(26)8(29-15)5-19-6-9(25)23-3-1-18-2-4-23/h7-8,11-12,15,18-19,26-27H,1-6H2,(H,20,21,28)/t8-,11-,12-,15-/m1/s1. The molecule has 2 fully saturated rings. The zero-order valence-electron chi connectivity index (χ0n) is 15.4. The summed E-state index contributed by atoms with van der Waals surface area (Å²) in [4.78, 5) is 36.2. The minimum Gasteiger partial charge on any atom is -0.387 e. The Kier molecular flexibility index (Phi) is 5.81. The molecule has 0 radical (unpaired) electrons. The molecule has 4 atom stereocenters. The fraction of sp³-hybridized carbons (Fsp3) is 0.625. The van der Waals surface area contributed by atoms with Gasteiger partial charge in [0.1, 0.15) is 18.3 Å². The number of amides is 1. The Labute approximate surface area is 169 Å². The second-order valence-electron chi connectivity index (χ2n) is 6.96. The first-order valence-electron chi connectivity index (χ1n) is 9.29. The number of aromatic amines is 1. The van der Waals surface area contributed by atoms with Crippen LogP contribution in [-0.4, -0.2) is 98.1 Å². The van der Waals surface area contributed by atoms with E-state index in [0.717, 1.165) is 13.1 Å². The summed E-state index contributed by atoms with van der Waals surface area (Å²) in [6.45, 7) is 3.08. The average Bonchev–Trinajstić information content (AvgIpc) is 3.20. The highest BCUT2D eigenvalue weighted by molar-refractivity contribution is 6.29. The van der Waals surface area contributed by atoms with Gasteiger partial charge in [0.25, 0.3) is 5.56 Å². The Hall–Kier alpha value is -2.09. The van der Waals surface area contributed by atoms with E-state index in [4.69, 9.17) is 16.3 Å². The first-order chi connectivity index (χ1) is 14.0. The zero-order valence-corrected chi connectivity index (χ0v) is 16.2. The lowest BCUT2D eigenvalue weighted by molar-refractivity contribution is -0.130. The summed E-state index contributed by atoms with van der Waals surface area (Å²) in [5.41, 5.74) is -0.336. The molecule has 5 N–H and O–H groups in total. The van der Waals surface area contributed by atoms with E-state index in [2.05, 4.69) is 25.6 Å². The maximum absolute atomic E-state index is 12.2. The molecule has 29 heavy (non-hydrogen) atoms. The smallest absolute Gasteiger partial charge is 0.278 e. The summed E-state index contributed by atoms with van der Waals surface area (Å²) in [5.74, 6) is -0.0387. The molecule has 158 valence electrons. The van der Waals surface area contributed by atoms with E-state index in [0.29, 0.717) is 13.1 Å². The summed E-state index contributed by atoms with van der Waals surface area (Å²) in [5, 5.41) is 26.9. The molecule has 0 spiro atoms. The molecule has 2 saturated heterocycles. The van der Waals surface area contributed by atoms with Crippen LogP contribution in [0.3, 0.4) is 0 Å². The lowest BCUT2D eigenvalue weighted by atomic mass is 10.1. The third-order valence-electron chi connectivity index (χ3n) is 5.12. The van der Waals surface area contributed by atoms with Crippen molar-refractivity contribution in [2.24, 2.45) is 0 Å². The minimum absolute atomic E-state index is 0.00554. The molecule has 4 heterocycles.